The maximum atomic E-state index is 5.38. The fourth-order valence-corrected chi connectivity index (χ4v) is 1.78. The van der Waals surface area contributed by atoms with Crippen molar-refractivity contribution in [3.8, 4) is 0 Å². The van der Waals surface area contributed by atoms with Gasteiger partial charge in [-0.15, -0.1) is 0 Å². The van der Waals surface area contributed by atoms with Crippen molar-refractivity contribution in [3.05, 3.63) is 22.6 Å². The van der Waals surface area contributed by atoms with Crippen LogP contribution in [0.1, 0.15) is 25.1 Å². The summed E-state index contributed by atoms with van der Waals surface area (Å²) in [6.45, 7) is 3.50. The molecule has 1 unspecified atom stereocenters. The average molecular weight is 262 g/mol. The zero-order valence-corrected chi connectivity index (χ0v) is 10.1. The van der Waals surface area contributed by atoms with Gasteiger partial charge in [0.2, 0.25) is 0 Å². The van der Waals surface area contributed by atoms with E-state index < -0.39 is 0 Å². The Labute approximate surface area is 92.9 Å². The van der Waals surface area contributed by atoms with Gasteiger partial charge in [-0.25, -0.2) is 0 Å². The first-order valence-electron chi connectivity index (χ1n) is 4.77. The van der Waals surface area contributed by atoms with E-state index in [9.17, 15) is 0 Å². The fourth-order valence-electron chi connectivity index (χ4n) is 1.31. The Morgan fingerprint density at radius 3 is 2.93 bits per heavy atom. The SMILES string of the molecule is CCOCCC(NC)c1occc1Br. The molecule has 0 aliphatic rings. The van der Waals surface area contributed by atoms with Crippen LogP contribution in [-0.4, -0.2) is 20.3 Å². The monoisotopic (exact) mass is 261 g/mol. The van der Waals surface area contributed by atoms with Gasteiger partial charge in [0.05, 0.1) is 16.8 Å². The standard InChI is InChI=1S/C10H16BrNO2/c1-3-13-6-5-9(12-2)10-8(11)4-7-14-10/h4,7,9,12H,3,5-6H2,1-2H3. The Kier molecular flexibility index (Phi) is 5.22. The minimum atomic E-state index is 0.214. The van der Waals surface area contributed by atoms with Crippen molar-refractivity contribution in [3.63, 3.8) is 0 Å². The number of halogens is 1. The third-order valence-corrected chi connectivity index (χ3v) is 2.72. The summed E-state index contributed by atoms with van der Waals surface area (Å²) in [5, 5.41) is 3.20. The Bertz CT molecular complexity index is 262. The highest BCUT2D eigenvalue weighted by Gasteiger charge is 2.15. The normalized spacial score (nSPS) is 13.1. The van der Waals surface area contributed by atoms with Gasteiger partial charge in [0.1, 0.15) is 5.76 Å². The van der Waals surface area contributed by atoms with Gasteiger partial charge >= 0.3 is 0 Å². The quantitative estimate of drug-likeness (QED) is 0.800. The zero-order chi connectivity index (χ0) is 10.4. The molecule has 3 nitrogen and oxygen atoms in total. The summed E-state index contributed by atoms with van der Waals surface area (Å²) in [5.74, 6) is 0.937. The first-order chi connectivity index (χ1) is 6.79. The van der Waals surface area contributed by atoms with Crippen LogP contribution in [0.3, 0.4) is 0 Å². The van der Waals surface area contributed by atoms with Crippen LogP contribution in [0.15, 0.2) is 21.2 Å². The van der Waals surface area contributed by atoms with Crippen molar-refractivity contribution < 1.29 is 9.15 Å². The second kappa shape index (κ2) is 6.22. The maximum absolute atomic E-state index is 5.38. The molecule has 1 atom stereocenters. The van der Waals surface area contributed by atoms with Crippen molar-refractivity contribution in [2.24, 2.45) is 0 Å². The highest BCUT2D eigenvalue weighted by molar-refractivity contribution is 9.10. The van der Waals surface area contributed by atoms with Crippen LogP contribution < -0.4 is 5.32 Å². The molecule has 0 saturated heterocycles. The van der Waals surface area contributed by atoms with Crippen molar-refractivity contribution in [2.75, 3.05) is 20.3 Å². The van der Waals surface area contributed by atoms with Gasteiger partial charge in [-0.05, 0) is 42.4 Å². The summed E-state index contributed by atoms with van der Waals surface area (Å²) in [4.78, 5) is 0. The van der Waals surface area contributed by atoms with Gasteiger partial charge in [-0.1, -0.05) is 0 Å². The molecular formula is C10H16BrNO2. The molecule has 1 heterocycles. The largest absolute Gasteiger partial charge is 0.466 e. The number of hydrogen-bond donors (Lipinski definition) is 1. The summed E-state index contributed by atoms with van der Waals surface area (Å²) in [7, 11) is 1.92. The Balaban J connectivity index is 2.50. The molecule has 0 aliphatic heterocycles. The van der Waals surface area contributed by atoms with E-state index in [0.717, 1.165) is 29.9 Å². The molecule has 0 saturated carbocycles. The minimum Gasteiger partial charge on any atom is -0.466 e. The molecule has 0 aliphatic carbocycles. The fraction of sp³-hybridized carbons (Fsp3) is 0.600. The molecule has 0 radical (unpaired) electrons. The van der Waals surface area contributed by atoms with E-state index in [0.29, 0.717) is 0 Å². The van der Waals surface area contributed by atoms with Gasteiger partial charge in [-0.3, -0.25) is 0 Å². The van der Waals surface area contributed by atoms with E-state index in [4.69, 9.17) is 9.15 Å². The van der Waals surface area contributed by atoms with Crippen LogP contribution in [0.5, 0.6) is 0 Å². The minimum absolute atomic E-state index is 0.214. The van der Waals surface area contributed by atoms with Gasteiger partial charge in [0, 0.05) is 13.2 Å². The third kappa shape index (κ3) is 3.12. The van der Waals surface area contributed by atoms with E-state index >= 15 is 0 Å². The summed E-state index contributed by atoms with van der Waals surface area (Å²) in [5.41, 5.74) is 0. The lowest BCUT2D eigenvalue weighted by molar-refractivity contribution is 0.134. The maximum Gasteiger partial charge on any atom is 0.134 e. The lowest BCUT2D eigenvalue weighted by Crippen LogP contribution is -2.18. The molecule has 0 aromatic carbocycles. The predicted molar refractivity (Wildman–Crippen MR) is 59.3 cm³/mol. The van der Waals surface area contributed by atoms with Gasteiger partial charge in [-0.2, -0.15) is 0 Å². The Morgan fingerprint density at radius 2 is 2.43 bits per heavy atom. The lowest BCUT2D eigenvalue weighted by atomic mass is 10.1. The lowest BCUT2D eigenvalue weighted by Gasteiger charge is -2.13. The number of hydrogen-bond acceptors (Lipinski definition) is 3. The second-order valence-electron chi connectivity index (χ2n) is 2.96. The molecule has 0 fully saturated rings. The molecule has 14 heavy (non-hydrogen) atoms. The molecule has 0 bridgehead atoms. The van der Waals surface area contributed by atoms with Crippen molar-refractivity contribution in [1.29, 1.82) is 0 Å². The summed E-state index contributed by atoms with van der Waals surface area (Å²) >= 11 is 3.44. The smallest absolute Gasteiger partial charge is 0.134 e. The summed E-state index contributed by atoms with van der Waals surface area (Å²) < 4.78 is 11.7. The first-order valence-corrected chi connectivity index (χ1v) is 5.56. The number of rotatable bonds is 6. The predicted octanol–water partition coefficient (Wildman–Crippen LogP) is 2.73. The first kappa shape index (κ1) is 11.8. The summed E-state index contributed by atoms with van der Waals surface area (Å²) in [6.07, 6.45) is 2.60. The van der Waals surface area contributed by atoms with E-state index in [-0.39, 0.29) is 6.04 Å². The highest BCUT2D eigenvalue weighted by atomic mass is 79.9. The number of furan rings is 1. The Hall–Kier alpha value is -0.320. The Morgan fingerprint density at radius 1 is 1.64 bits per heavy atom. The second-order valence-corrected chi connectivity index (χ2v) is 3.81. The van der Waals surface area contributed by atoms with E-state index in [1.54, 1.807) is 6.26 Å². The third-order valence-electron chi connectivity index (χ3n) is 2.06. The molecule has 4 heteroatoms. The zero-order valence-electron chi connectivity index (χ0n) is 8.55. The van der Waals surface area contributed by atoms with E-state index in [1.807, 2.05) is 20.0 Å². The molecule has 1 aromatic rings. The molecule has 80 valence electrons. The van der Waals surface area contributed by atoms with Crippen LogP contribution >= 0.6 is 15.9 Å². The van der Waals surface area contributed by atoms with E-state index in [1.165, 1.54) is 0 Å². The van der Waals surface area contributed by atoms with Crippen molar-refractivity contribution >= 4 is 15.9 Å². The molecule has 1 rings (SSSR count). The topological polar surface area (TPSA) is 34.4 Å². The van der Waals surface area contributed by atoms with Gasteiger partial charge < -0.3 is 14.5 Å². The van der Waals surface area contributed by atoms with Crippen LogP contribution in [0.4, 0.5) is 0 Å². The van der Waals surface area contributed by atoms with Crippen molar-refractivity contribution in [2.45, 2.75) is 19.4 Å². The highest BCUT2D eigenvalue weighted by Crippen LogP contribution is 2.26. The van der Waals surface area contributed by atoms with Crippen LogP contribution in [0.25, 0.3) is 0 Å². The molecule has 0 spiro atoms. The molecule has 0 amide bonds. The van der Waals surface area contributed by atoms with Gasteiger partial charge in [0.15, 0.2) is 0 Å². The van der Waals surface area contributed by atoms with Crippen molar-refractivity contribution in [1.82, 2.24) is 5.32 Å². The van der Waals surface area contributed by atoms with Crippen LogP contribution in [-0.2, 0) is 4.74 Å². The van der Waals surface area contributed by atoms with Gasteiger partial charge in [0.25, 0.3) is 0 Å². The van der Waals surface area contributed by atoms with Crippen LogP contribution in [0, 0.1) is 0 Å². The molecule has 1 aromatic heterocycles. The number of nitrogens with one attached hydrogen (secondary N) is 1. The van der Waals surface area contributed by atoms with Crippen LogP contribution in [0.2, 0.25) is 0 Å². The number of ether oxygens (including phenoxy) is 1. The summed E-state index contributed by atoms with van der Waals surface area (Å²) in [6, 6.07) is 2.12. The molecule has 1 N–H and O–H groups in total. The van der Waals surface area contributed by atoms with E-state index in [2.05, 4.69) is 21.2 Å². The average Bonchev–Trinajstić information content (AvgIpc) is 2.60. The molecular weight excluding hydrogens is 246 g/mol.